The van der Waals surface area contributed by atoms with Crippen LogP contribution in [0.15, 0.2) is 18.2 Å². The Balaban J connectivity index is 3.00. The van der Waals surface area contributed by atoms with Gasteiger partial charge in [-0.3, -0.25) is 0 Å². The smallest absolute Gasteiger partial charge is 0.141 e. The summed E-state index contributed by atoms with van der Waals surface area (Å²) in [5.41, 5.74) is 0.506. The summed E-state index contributed by atoms with van der Waals surface area (Å²) in [4.78, 5) is 0. The highest BCUT2D eigenvalue weighted by Crippen LogP contribution is 2.08. The zero-order valence-electron chi connectivity index (χ0n) is 7.21. The van der Waals surface area contributed by atoms with Gasteiger partial charge in [0.2, 0.25) is 0 Å². The van der Waals surface area contributed by atoms with Crippen molar-refractivity contribution >= 4 is 0 Å². The molecule has 0 spiro atoms. The predicted molar refractivity (Wildman–Crippen MR) is 48.2 cm³/mol. The number of hydrogen-bond acceptors (Lipinski definition) is 2. The zero-order valence-corrected chi connectivity index (χ0v) is 7.21. The standard InChI is InChI=1S/C11H5FN2/c12-11-5-4-9(3-1-2-6-13)7-10(11)8-14/h4-5,7H,2H2. The summed E-state index contributed by atoms with van der Waals surface area (Å²) in [6.45, 7) is 0. The largest absolute Gasteiger partial charge is 0.206 e. The fraction of sp³-hybridized carbons (Fsp3) is 0.0909. The minimum atomic E-state index is -0.557. The first-order valence-electron chi connectivity index (χ1n) is 3.83. The number of benzene rings is 1. The molecule has 14 heavy (non-hydrogen) atoms. The monoisotopic (exact) mass is 184 g/mol. The van der Waals surface area contributed by atoms with Crippen LogP contribution in [0.2, 0.25) is 0 Å². The lowest BCUT2D eigenvalue weighted by atomic mass is 10.1. The van der Waals surface area contributed by atoms with Gasteiger partial charge in [0, 0.05) is 5.56 Å². The van der Waals surface area contributed by atoms with Crippen LogP contribution in [-0.4, -0.2) is 0 Å². The summed E-state index contributed by atoms with van der Waals surface area (Å²) >= 11 is 0. The minimum absolute atomic E-state index is 0.0336. The third-order valence-corrected chi connectivity index (χ3v) is 1.49. The maximum Gasteiger partial charge on any atom is 0.141 e. The Morgan fingerprint density at radius 3 is 2.71 bits per heavy atom. The molecule has 1 aromatic carbocycles. The van der Waals surface area contributed by atoms with Crippen molar-refractivity contribution in [3.05, 3.63) is 35.1 Å². The summed E-state index contributed by atoms with van der Waals surface area (Å²) in [6, 6.07) is 7.61. The van der Waals surface area contributed by atoms with Gasteiger partial charge in [0.15, 0.2) is 0 Å². The van der Waals surface area contributed by atoms with Crippen LogP contribution >= 0.6 is 0 Å². The van der Waals surface area contributed by atoms with Crippen molar-refractivity contribution < 1.29 is 4.39 Å². The SMILES string of the molecule is N#CCC#Cc1ccc(F)c(C#N)c1. The Labute approximate surface area is 81.2 Å². The van der Waals surface area contributed by atoms with Crippen LogP contribution < -0.4 is 0 Å². The molecule has 1 rings (SSSR count). The Bertz CT molecular complexity index is 481. The van der Waals surface area contributed by atoms with Gasteiger partial charge in [-0.05, 0) is 18.2 Å². The number of hydrogen-bond donors (Lipinski definition) is 0. The number of nitrogens with zero attached hydrogens (tertiary/aromatic N) is 2. The molecule has 0 aromatic heterocycles. The summed E-state index contributed by atoms with van der Waals surface area (Å²) in [5, 5.41) is 16.7. The van der Waals surface area contributed by atoms with Gasteiger partial charge in [0.1, 0.15) is 11.9 Å². The highest BCUT2D eigenvalue weighted by Gasteiger charge is 2.00. The molecule has 0 N–H and O–H groups in total. The minimum Gasteiger partial charge on any atom is -0.206 e. The van der Waals surface area contributed by atoms with Gasteiger partial charge in [0.25, 0.3) is 0 Å². The van der Waals surface area contributed by atoms with E-state index in [1.807, 2.05) is 6.07 Å². The van der Waals surface area contributed by atoms with Crippen LogP contribution in [0, 0.1) is 40.3 Å². The van der Waals surface area contributed by atoms with E-state index in [4.69, 9.17) is 10.5 Å². The van der Waals surface area contributed by atoms with E-state index in [0.29, 0.717) is 5.56 Å². The zero-order chi connectivity index (χ0) is 10.4. The Kier molecular flexibility index (Phi) is 3.25. The summed E-state index contributed by atoms with van der Waals surface area (Å²) in [6.07, 6.45) is 0.124. The molecule has 0 saturated heterocycles. The van der Waals surface area contributed by atoms with Crippen molar-refractivity contribution in [1.29, 1.82) is 10.5 Å². The van der Waals surface area contributed by atoms with Crippen LogP contribution in [0.1, 0.15) is 17.5 Å². The number of rotatable bonds is 0. The first-order valence-corrected chi connectivity index (χ1v) is 3.83. The van der Waals surface area contributed by atoms with Crippen LogP contribution in [0.5, 0.6) is 0 Å². The van der Waals surface area contributed by atoms with Crippen molar-refractivity contribution in [2.75, 3.05) is 0 Å². The van der Waals surface area contributed by atoms with Gasteiger partial charge < -0.3 is 0 Å². The number of halogens is 1. The molecule has 0 saturated carbocycles. The molecule has 0 aliphatic rings. The number of nitriles is 2. The van der Waals surface area contributed by atoms with Gasteiger partial charge in [-0.15, -0.1) is 0 Å². The van der Waals surface area contributed by atoms with Crippen molar-refractivity contribution in [3.63, 3.8) is 0 Å². The van der Waals surface area contributed by atoms with Gasteiger partial charge in [0.05, 0.1) is 18.1 Å². The van der Waals surface area contributed by atoms with Crippen LogP contribution in [0.3, 0.4) is 0 Å². The fourth-order valence-electron chi connectivity index (χ4n) is 0.874. The lowest BCUT2D eigenvalue weighted by Crippen LogP contribution is -1.84. The van der Waals surface area contributed by atoms with E-state index in [9.17, 15) is 4.39 Å². The molecule has 0 radical (unpaired) electrons. The first kappa shape index (κ1) is 9.78. The molecule has 3 heteroatoms. The van der Waals surface area contributed by atoms with Crippen molar-refractivity contribution in [2.24, 2.45) is 0 Å². The molecule has 0 fully saturated rings. The third kappa shape index (κ3) is 2.34. The Hall–Kier alpha value is -2.31. The molecule has 0 atom stereocenters. The first-order chi connectivity index (χ1) is 6.77. The molecule has 1 aromatic rings. The molecule has 0 aliphatic carbocycles. The van der Waals surface area contributed by atoms with E-state index < -0.39 is 5.82 Å². The maximum absolute atomic E-state index is 12.8. The Morgan fingerprint density at radius 1 is 1.29 bits per heavy atom. The van der Waals surface area contributed by atoms with E-state index >= 15 is 0 Å². The lowest BCUT2D eigenvalue weighted by Gasteiger charge is -1.93. The molecule has 0 aliphatic heterocycles. The molecule has 0 bridgehead atoms. The maximum atomic E-state index is 12.8. The van der Waals surface area contributed by atoms with Gasteiger partial charge in [-0.1, -0.05) is 11.8 Å². The van der Waals surface area contributed by atoms with Gasteiger partial charge in [-0.25, -0.2) is 4.39 Å². The second-order valence-electron chi connectivity index (χ2n) is 2.44. The fourth-order valence-corrected chi connectivity index (χ4v) is 0.874. The van der Waals surface area contributed by atoms with E-state index in [0.717, 1.165) is 0 Å². The predicted octanol–water partition coefficient (Wildman–Crippen LogP) is 1.96. The molecule has 66 valence electrons. The normalized spacial score (nSPS) is 7.93. The van der Waals surface area contributed by atoms with E-state index in [-0.39, 0.29) is 12.0 Å². The summed E-state index contributed by atoms with van der Waals surface area (Å²) in [7, 11) is 0. The summed E-state index contributed by atoms with van der Waals surface area (Å²) in [5.74, 6) is 4.68. The second kappa shape index (κ2) is 4.65. The van der Waals surface area contributed by atoms with E-state index in [2.05, 4.69) is 11.8 Å². The molecular weight excluding hydrogens is 179 g/mol. The van der Waals surface area contributed by atoms with Crippen LogP contribution in [0.25, 0.3) is 0 Å². The van der Waals surface area contributed by atoms with E-state index in [1.165, 1.54) is 18.2 Å². The quantitative estimate of drug-likeness (QED) is 0.578. The average Bonchev–Trinajstić information content (AvgIpc) is 2.21. The van der Waals surface area contributed by atoms with Crippen molar-refractivity contribution in [2.45, 2.75) is 6.42 Å². The van der Waals surface area contributed by atoms with Gasteiger partial charge in [-0.2, -0.15) is 10.5 Å². The molecular formula is C11H5FN2. The van der Waals surface area contributed by atoms with Crippen LogP contribution in [-0.2, 0) is 0 Å². The van der Waals surface area contributed by atoms with Gasteiger partial charge >= 0.3 is 0 Å². The molecule has 2 nitrogen and oxygen atoms in total. The van der Waals surface area contributed by atoms with Crippen molar-refractivity contribution in [3.8, 4) is 24.0 Å². The van der Waals surface area contributed by atoms with Crippen molar-refractivity contribution in [1.82, 2.24) is 0 Å². The molecule has 0 heterocycles. The average molecular weight is 184 g/mol. The highest BCUT2D eigenvalue weighted by atomic mass is 19.1. The topological polar surface area (TPSA) is 47.6 Å². The highest BCUT2D eigenvalue weighted by molar-refractivity contribution is 5.42. The second-order valence-corrected chi connectivity index (χ2v) is 2.44. The van der Waals surface area contributed by atoms with E-state index in [1.54, 1.807) is 6.07 Å². The van der Waals surface area contributed by atoms with Crippen LogP contribution in [0.4, 0.5) is 4.39 Å². The Morgan fingerprint density at radius 2 is 2.07 bits per heavy atom. The molecule has 0 amide bonds. The third-order valence-electron chi connectivity index (χ3n) is 1.49. The summed E-state index contributed by atoms with van der Waals surface area (Å²) < 4.78 is 12.8. The molecule has 0 unspecified atom stereocenters. The lowest BCUT2D eigenvalue weighted by molar-refractivity contribution is 0.624.